The Morgan fingerprint density at radius 3 is 2.62 bits per heavy atom. The Hall–Kier alpha value is -4.74. The van der Waals surface area contributed by atoms with Gasteiger partial charge in [0.2, 0.25) is 12.7 Å². The summed E-state index contributed by atoms with van der Waals surface area (Å²) in [5.41, 5.74) is 5.27. The molecule has 3 heterocycles. The molecule has 0 saturated carbocycles. The van der Waals surface area contributed by atoms with Gasteiger partial charge in [-0.2, -0.15) is 9.97 Å². The van der Waals surface area contributed by atoms with Gasteiger partial charge in [-0.1, -0.05) is 59.1 Å². The summed E-state index contributed by atoms with van der Waals surface area (Å²) in [6.07, 6.45) is 1.79. The molecule has 13 heteroatoms. The molecule has 1 aliphatic rings. The molecule has 0 aliphatic carbocycles. The average molecular weight is 648 g/mol. The van der Waals surface area contributed by atoms with Crippen LogP contribution in [0.15, 0.2) is 67.0 Å². The molecule has 3 aromatic carbocycles. The highest BCUT2D eigenvalue weighted by molar-refractivity contribution is 6.42. The number of nitrogens with zero attached hydrogens (tertiary/aromatic N) is 6. The normalized spacial score (nSPS) is 11.9. The topological polar surface area (TPSA) is 110 Å². The summed E-state index contributed by atoms with van der Waals surface area (Å²) in [4.78, 5) is 30.8. The molecule has 2 aromatic heterocycles. The maximum absolute atomic E-state index is 12.8. The number of carbonyl (C=O) groups is 1. The van der Waals surface area contributed by atoms with Crippen molar-refractivity contribution in [3.05, 3.63) is 93.7 Å². The van der Waals surface area contributed by atoms with Crippen molar-refractivity contribution < 1.29 is 14.3 Å². The number of halogens is 2. The Morgan fingerprint density at radius 1 is 0.956 bits per heavy atom. The highest BCUT2D eigenvalue weighted by Gasteiger charge is 2.19. The molecule has 0 fully saturated rings. The predicted molar refractivity (Wildman–Crippen MR) is 177 cm³/mol. The molecule has 2 amide bonds. The van der Waals surface area contributed by atoms with E-state index < -0.39 is 0 Å². The number of nitrogens with one attached hydrogen (secondary N) is 2. The monoisotopic (exact) mass is 646 g/mol. The molecule has 0 spiro atoms. The summed E-state index contributed by atoms with van der Waals surface area (Å²) < 4.78 is 13.0. The van der Waals surface area contributed by atoms with Crippen molar-refractivity contribution >= 4 is 57.9 Å². The molecule has 11 nitrogen and oxygen atoms in total. The number of hydrogen-bond acceptors (Lipinski definition) is 8. The van der Waals surface area contributed by atoms with Gasteiger partial charge in [-0.25, -0.2) is 9.78 Å². The number of rotatable bonds is 10. The van der Waals surface area contributed by atoms with Crippen LogP contribution in [0.2, 0.25) is 10.0 Å². The van der Waals surface area contributed by atoms with Crippen LogP contribution in [0, 0.1) is 6.92 Å². The Bertz CT molecular complexity index is 1860. The first-order valence-electron chi connectivity index (χ1n) is 14.3. The molecule has 1 aliphatic heterocycles. The number of fused-ring (bicyclic) bond motifs is 2. The zero-order chi connectivity index (χ0) is 31.5. The van der Waals surface area contributed by atoms with Crippen LogP contribution in [0.4, 0.5) is 22.2 Å². The van der Waals surface area contributed by atoms with Crippen LogP contribution in [0.1, 0.15) is 16.7 Å². The van der Waals surface area contributed by atoms with E-state index in [2.05, 4.69) is 35.8 Å². The van der Waals surface area contributed by atoms with Gasteiger partial charge in [0.05, 0.1) is 22.9 Å². The third-order valence-electron chi connectivity index (χ3n) is 7.41. The van der Waals surface area contributed by atoms with Crippen LogP contribution in [0.3, 0.4) is 0 Å². The van der Waals surface area contributed by atoms with E-state index in [-0.39, 0.29) is 12.8 Å². The van der Waals surface area contributed by atoms with Gasteiger partial charge in [0.1, 0.15) is 0 Å². The number of benzene rings is 3. The molecular weight excluding hydrogens is 615 g/mol. The van der Waals surface area contributed by atoms with Crippen LogP contribution in [0.25, 0.3) is 11.2 Å². The highest BCUT2D eigenvalue weighted by atomic mass is 35.5. The molecule has 0 bridgehead atoms. The minimum Gasteiger partial charge on any atom is -0.454 e. The summed E-state index contributed by atoms with van der Waals surface area (Å²) in [7, 11) is 3.62. The lowest BCUT2D eigenvalue weighted by atomic mass is 10.1. The summed E-state index contributed by atoms with van der Waals surface area (Å²) >= 11 is 12.1. The number of hydrogen-bond donors (Lipinski definition) is 2. The van der Waals surface area contributed by atoms with Crippen molar-refractivity contribution in [2.45, 2.75) is 20.0 Å². The Balaban J connectivity index is 1.21. The van der Waals surface area contributed by atoms with Crippen molar-refractivity contribution in [2.75, 3.05) is 49.5 Å². The molecule has 5 aromatic rings. The maximum atomic E-state index is 12.8. The van der Waals surface area contributed by atoms with Crippen molar-refractivity contribution in [3.8, 4) is 11.5 Å². The van der Waals surface area contributed by atoms with Crippen molar-refractivity contribution in [1.82, 2.24) is 24.4 Å². The zero-order valence-electron chi connectivity index (χ0n) is 25.1. The molecule has 45 heavy (non-hydrogen) atoms. The first-order valence-corrected chi connectivity index (χ1v) is 15.1. The zero-order valence-corrected chi connectivity index (χ0v) is 26.6. The number of ether oxygens (including phenoxy) is 2. The Morgan fingerprint density at radius 2 is 1.80 bits per heavy atom. The van der Waals surface area contributed by atoms with E-state index in [9.17, 15) is 4.79 Å². The third kappa shape index (κ3) is 7.00. The SMILES string of the molecule is Cc1cccc(Cn2cnc3c(NCc4ccc5c(c4)OCO5)nc(N(C)CCN(C)C(=O)Nc4ccc(Cl)c(Cl)c4)nc32)c1. The van der Waals surface area contributed by atoms with E-state index in [0.29, 0.717) is 64.8 Å². The van der Waals surface area contributed by atoms with Gasteiger partial charge in [-0.05, 0) is 48.4 Å². The molecular formula is C32H32Cl2N8O3. The van der Waals surface area contributed by atoms with Gasteiger partial charge in [0.25, 0.3) is 0 Å². The second-order valence-electron chi connectivity index (χ2n) is 10.8. The predicted octanol–water partition coefficient (Wildman–Crippen LogP) is 6.43. The van der Waals surface area contributed by atoms with Gasteiger partial charge in [0.15, 0.2) is 28.5 Å². The summed E-state index contributed by atoms with van der Waals surface area (Å²) in [5, 5.41) is 7.08. The lowest BCUT2D eigenvalue weighted by Crippen LogP contribution is -2.37. The van der Waals surface area contributed by atoms with Crippen LogP contribution in [0.5, 0.6) is 11.5 Å². The van der Waals surface area contributed by atoms with Gasteiger partial charge in [0, 0.05) is 39.4 Å². The number of likely N-dealkylation sites (N-methyl/N-ethyl adjacent to an activating group) is 2. The number of anilines is 3. The van der Waals surface area contributed by atoms with Gasteiger partial charge in [-0.3, -0.25) is 0 Å². The Kier molecular flexibility index (Phi) is 8.81. The minimum atomic E-state index is -0.277. The fraction of sp³-hybridized carbons (Fsp3) is 0.250. The van der Waals surface area contributed by atoms with E-state index in [1.165, 1.54) is 5.56 Å². The summed E-state index contributed by atoms with van der Waals surface area (Å²) in [6, 6.07) is 18.9. The van der Waals surface area contributed by atoms with Gasteiger partial charge >= 0.3 is 6.03 Å². The molecule has 0 atom stereocenters. The quantitative estimate of drug-likeness (QED) is 0.179. The van der Waals surface area contributed by atoms with Crippen molar-refractivity contribution in [2.24, 2.45) is 0 Å². The summed E-state index contributed by atoms with van der Waals surface area (Å²) in [5.74, 6) is 2.56. The van der Waals surface area contributed by atoms with E-state index in [0.717, 1.165) is 22.6 Å². The molecule has 0 radical (unpaired) electrons. The molecule has 6 rings (SSSR count). The molecule has 0 unspecified atom stereocenters. The first-order chi connectivity index (χ1) is 21.7. The largest absolute Gasteiger partial charge is 0.454 e. The lowest BCUT2D eigenvalue weighted by molar-refractivity contribution is 0.174. The van der Waals surface area contributed by atoms with Crippen molar-refractivity contribution in [1.29, 1.82) is 0 Å². The van der Waals surface area contributed by atoms with Gasteiger partial charge in [-0.15, -0.1) is 0 Å². The van der Waals surface area contributed by atoms with Crippen LogP contribution >= 0.6 is 23.2 Å². The third-order valence-corrected chi connectivity index (χ3v) is 8.15. The van der Waals surface area contributed by atoms with Crippen LogP contribution in [-0.2, 0) is 13.1 Å². The highest BCUT2D eigenvalue weighted by Crippen LogP contribution is 2.33. The second-order valence-corrected chi connectivity index (χ2v) is 11.7. The second kappa shape index (κ2) is 13.1. The minimum absolute atomic E-state index is 0.221. The van der Waals surface area contributed by atoms with Crippen LogP contribution < -0.4 is 25.0 Å². The number of imidazole rings is 1. The molecule has 2 N–H and O–H groups in total. The first kappa shape index (κ1) is 30.3. The number of amides is 2. The van der Waals surface area contributed by atoms with Crippen molar-refractivity contribution in [3.63, 3.8) is 0 Å². The molecule has 232 valence electrons. The van der Waals surface area contributed by atoms with E-state index >= 15 is 0 Å². The maximum Gasteiger partial charge on any atom is 0.321 e. The van der Waals surface area contributed by atoms with E-state index in [1.54, 1.807) is 36.5 Å². The number of carbonyl (C=O) groups excluding carboxylic acids is 1. The van der Waals surface area contributed by atoms with E-state index in [4.69, 9.17) is 47.6 Å². The Labute approximate surface area is 270 Å². The number of aryl methyl sites for hydroxylation is 1. The van der Waals surface area contributed by atoms with Crippen LogP contribution in [-0.4, -0.2) is 64.4 Å². The summed E-state index contributed by atoms with van der Waals surface area (Å²) in [6.45, 7) is 4.29. The number of urea groups is 1. The fourth-order valence-electron chi connectivity index (χ4n) is 4.88. The van der Waals surface area contributed by atoms with Gasteiger partial charge < -0.3 is 34.5 Å². The molecule has 0 saturated heterocycles. The standard InChI is InChI=1S/C32H32Cl2N8O3/c1-20-5-4-6-22(13-20)17-42-18-36-28-29(35-16-21-7-10-26-27(14-21)45-19-44-26)38-31(39-30(28)42)40(2)11-12-41(3)32(43)37-23-8-9-24(33)25(34)15-23/h4-10,13-15,18H,11-12,16-17,19H2,1-3H3,(H,37,43)(H,35,38,39). The fourth-order valence-corrected chi connectivity index (χ4v) is 5.18. The smallest absolute Gasteiger partial charge is 0.321 e. The number of aromatic nitrogens is 4. The lowest BCUT2D eigenvalue weighted by Gasteiger charge is -2.23. The average Bonchev–Trinajstić information content (AvgIpc) is 3.67. The van der Waals surface area contributed by atoms with E-state index in [1.807, 2.05) is 40.8 Å².